The van der Waals surface area contributed by atoms with Crippen molar-refractivity contribution in [2.24, 2.45) is 5.10 Å². The maximum absolute atomic E-state index is 12.7. The predicted molar refractivity (Wildman–Crippen MR) is 144 cm³/mol. The molecule has 0 saturated heterocycles. The van der Waals surface area contributed by atoms with E-state index in [-0.39, 0.29) is 17.2 Å². The zero-order valence-electron chi connectivity index (χ0n) is 21.1. The maximum Gasteiger partial charge on any atom is 0.271 e. The van der Waals surface area contributed by atoms with Gasteiger partial charge in [-0.1, -0.05) is 83.0 Å². The van der Waals surface area contributed by atoms with Gasteiger partial charge in [-0.25, -0.2) is 5.43 Å². The van der Waals surface area contributed by atoms with Gasteiger partial charge in [0.2, 0.25) is 0 Å². The fourth-order valence-electron chi connectivity index (χ4n) is 3.65. The Bertz CT molecular complexity index is 1140. The van der Waals surface area contributed by atoms with Gasteiger partial charge >= 0.3 is 0 Å². The highest BCUT2D eigenvalue weighted by atomic mass is 16.2. The van der Waals surface area contributed by atoms with Crippen LogP contribution in [0.15, 0.2) is 84.0 Å². The van der Waals surface area contributed by atoms with Gasteiger partial charge < -0.3 is 5.32 Å². The van der Waals surface area contributed by atoms with Gasteiger partial charge in [0.1, 0.15) is 0 Å². The van der Waals surface area contributed by atoms with E-state index in [9.17, 15) is 9.59 Å². The molecule has 0 unspecified atom stereocenters. The van der Waals surface area contributed by atoms with Crippen molar-refractivity contribution in [3.63, 3.8) is 0 Å². The number of carbonyl (C=O) groups is 2. The van der Waals surface area contributed by atoms with Crippen LogP contribution in [0.2, 0.25) is 0 Å². The van der Waals surface area contributed by atoms with Crippen molar-refractivity contribution in [2.75, 3.05) is 5.32 Å². The molecule has 5 heteroatoms. The molecule has 0 saturated carbocycles. The van der Waals surface area contributed by atoms with Crippen LogP contribution in [-0.2, 0) is 5.41 Å². The third-order valence-electron chi connectivity index (χ3n) is 5.83. The fraction of sp³-hybridized carbons (Fsp3) is 0.300. The van der Waals surface area contributed by atoms with E-state index in [0.29, 0.717) is 16.8 Å². The van der Waals surface area contributed by atoms with Crippen LogP contribution in [0.4, 0.5) is 5.69 Å². The summed E-state index contributed by atoms with van der Waals surface area (Å²) in [5.41, 5.74) is 7.47. The van der Waals surface area contributed by atoms with Gasteiger partial charge in [0.25, 0.3) is 11.8 Å². The lowest BCUT2D eigenvalue weighted by molar-refractivity contribution is 0.0954. The molecule has 182 valence electrons. The Balaban J connectivity index is 1.63. The molecule has 5 nitrogen and oxygen atoms in total. The second kappa shape index (κ2) is 12.1. The van der Waals surface area contributed by atoms with Crippen LogP contribution in [-0.4, -0.2) is 17.5 Å². The number of benzene rings is 3. The Kier molecular flexibility index (Phi) is 8.96. The van der Waals surface area contributed by atoms with Gasteiger partial charge in [0.05, 0.1) is 5.71 Å². The van der Waals surface area contributed by atoms with Crippen LogP contribution >= 0.6 is 0 Å². The number of anilines is 1. The largest absolute Gasteiger partial charge is 0.322 e. The Morgan fingerprint density at radius 1 is 0.743 bits per heavy atom. The smallest absolute Gasteiger partial charge is 0.271 e. The molecule has 0 spiro atoms. The molecule has 0 fully saturated rings. The molecule has 35 heavy (non-hydrogen) atoms. The summed E-state index contributed by atoms with van der Waals surface area (Å²) in [7, 11) is 0. The number of carbonyl (C=O) groups excluding carboxylic acids is 2. The molecule has 2 N–H and O–H groups in total. The lowest BCUT2D eigenvalue weighted by Crippen LogP contribution is -2.20. The van der Waals surface area contributed by atoms with E-state index in [1.807, 2.05) is 54.6 Å². The molecule has 0 heterocycles. The van der Waals surface area contributed by atoms with Crippen LogP contribution in [0.3, 0.4) is 0 Å². The van der Waals surface area contributed by atoms with Gasteiger partial charge in [0.15, 0.2) is 0 Å². The van der Waals surface area contributed by atoms with E-state index < -0.39 is 0 Å². The lowest BCUT2D eigenvalue weighted by atomic mass is 9.87. The Morgan fingerprint density at radius 2 is 1.34 bits per heavy atom. The topological polar surface area (TPSA) is 70.6 Å². The Morgan fingerprint density at radius 3 is 1.94 bits per heavy atom. The van der Waals surface area contributed by atoms with Crippen molar-refractivity contribution < 1.29 is 9.59 Å². The number of hydrogen-bond acceptors (Lipinski definition) is 3. The number of hydrogen-bond donors (Lipinski definition) is 2. The number of nitrogens with one attached hydrogen (secondary N) is 2. The van der Waals surface area contributed by atoms with Gasteiger partial charge in [-0.3, -0.25) is 9.59 Å². The zero-order valence-corrected chi connectivity index (χ0v) is 21.1. The molecule has 0 aliphatic heterocycles. The summed E-state index contributed by atoms with van der Waals surface area (Å²) in [5.74, 6) is -0.476. The summed E-state index contributed by atoms with van der Waals surface area (Å²) in [6.07, 6.45) is 4.07. The number of rotatable bonds is 9. The molecule has 2 amide bonds. The van der Waals surface area contributed by atoms with E-state index in [1.165, 1.54) is 5.56 Å². The first-order valence-electron chi connectivity index (χ1n) is 12.2. The molecular formula is C30H35N3O2. The average molecular weight is 470 g/mol. The van der Waals surface area contributed by atoms with E-state index in [0.717, 1.165) is 37.0 Å². The summed E-state index contributed by atoms with van der Waals surface area (Å²) in [4.78, 5) is 25.3. The fourth-order valence-corrected chi connectivity index (χ4v) is 3.65. The SMILES string of the molecule is CCCCCC(=NNC(=O)c1ccc(NC(=O)c2ccc(C(C)(C)C)cc2)cc1)c1ccccc1. The van der Waals surface area contributed by atoms with Gasteiger partial charge in [-0.05, 0) is 65.8 Å². The third-order valence-corrected chi connectivity index (χ3v) is 5.83. The first-order valence-corrected chi connectivity index (χ1v) is 12.2. The summed E-state index contributed by atoms with van der Waals surface area (Å²) >= 11 is 0. The molecule has 0 atom stereocenters. The monoisotopic (exact) mass is 469 g/mol. The average Bonchev–Trinajstić information content (AvgIpc) is 2.86. The molecule has 3 aromatic carbocycles. The number of unbranched alkanes of at least 4 members (excludes halogenated alkanes) is 2. The zero-order chi connectivity index (χ0) is 25.3. The van der Waals surface area contributed by atoms with Crippen molar-refractivity contribution >= 4 is 23.2 Å². The quantitative estimate of drug-likeness (QED) is 0.202. The number of amides is 2. The first kappa shape index (κ1) is 25.9. The minimum absolute atomic E-state index is 0.0345. The second-order valence-corrected chi connectivity index (χ2v) is 9.68. The summed E-state index contributed by atoms with van der Waals surface area (Å²) in [6.45, 7) is 8.58. The van der Waals surface area contributed by atoms with Gasteiger partial charge in [0, 0.05) is 16.8 Å². The minimum Gasteiger partial charge on any atom is -0.322 e. The molecule has 0 bridgehead atoms. The Hall–Kier alpha value is -3.73. The van der Waals surface area contributed by atoms with Crippen LogP contribution in [0.25, 0.3) is 0 Å². The van der Waals surface area contributed by atoms with Crippen LogP contribution in [0.5, 0.6) is 0 Å². The Labute approximate surface area is 208 Å². The van der Waals surface area contributed by atoms with Crippen LogP contribution in [0, 0.1) is 0 Å². The van der Waals surface area contributed by atoms with E-state index in [2.05, 4.69) is 43.5 Å². The molecule has 0 aromatic heterocycles. The van der Waals surface area contributed by atoms with Gasteiger partial charge in [-0.2, -0.15) is 5.10 Å². The van der Waals surface area contributed by atoms with Crippen LogP contribution in [0.1, 0.15) is 85.2 Å². The highest BCUT2D eigenvalue weighted by Crippen LogP contribution is 2.22. The minimum atomic E-state index is -0.287. The van der Waals surface area contributed by atoms with Crippen molar-refractivity contribution in [3.05, 3.63) is 101 Å². The van der Waals surface area contributed by atoms with Crippen LogP contribution < -0.4 is 10.7 Å². The maximum atomic E-state index is 12.7. The van der Waals surface area contributed by atoms with E-state index >= 15 is 0 Å². The molecule has 3 rings (SSSR count). The predicted octanol–water partition coefficient (Wildman–Crippen LogP) is 6.95. The normalized spacial score (nSPS) is 11.7. The van der Waals surface area contributed by atoms with Crippen molar-refractivity contribution in [1.82, 2.24) is 5.43 Å². The first-order chi connectivity index (χ1) is 16.8. The highest BCUT2D eigenvalue weighted by molar-refractivity contribution is 6.05. The summed E-state index contributed by atoms with van der Waals surface area (Å²) < 4.78 is 0. The van der Waals surface area contributed by atoms with Gasteiger partial charge in [-0.15, -0.1) is 0 Å². The summed E-state index contributed by atoms with van der Waals surface area (Å²) in [5, 5.41) is 7.31. The highest BCUT2D eigenvalue weighted by Gasteiger charge is 2.14. The van der Waals surface area contributed by atoms with Crippen molar-refractivity contribution in [3.8, 4) is 0 Å². The molecule has 3 aromatic rings. The van der Waals surface area contributed by atoms with Crippen molar-refractivity contribution in [2.45, 2.75) is 58.8 Å². The standard InChI is InChI=1S/C30H35N3O2/c1-5-6-8-13-27(22-11-9-7-10-12-22)32-33-29(35)24-16-20-26(21-17-24)31-28(34)23-14-18-25(19-15-23)30(2,3)4/h7,9-12,14-21H,5-6,8,13H2,1-4H3,(H,31,34)(H,33,35). The molecule has 0 aliphatic carbocycles. The lowest BCUT2D eigenvalue weighted by Gasteiger charge is -2.19. The van der Waals surface area contributed by atoms with E-state index in [1.54, 1.807) is 24.3 Å². The molecule has 0 aliphatic rings. The van der Waals surface area contributed by atoms with Crippen molar-refractivity contribution in [1.29, 1.82) is 0 Å². The molecule has 0 radical (unpaired) electrons. The second-order valence-electron chi connectivity index (χ2n) is 9.68. The summed E-state index contributed by atoms with van der Waals surface area (Å²) in [6, 6.07) is 24.4. The molecular weight excluding hydrogens is 434 g/mol. The third kappa shape index (κ3) is 7.64. The van der Waals surface area contributed by atoms with E-state index in [4.69, 9.17) is 0 Å². The number of hydrazone groups is 1. The number of nitrogens with zero attached hydrogens (tertiary/aromatic N) is 1.